The van der Waals surface area contributed by atoms with Gasteiger partial charge in [-0.05, 0) is 37.5 Å². The molecule has 0 bridgehead atoms. The van der Waals surface area contributed by atoms with Crippen molar-refractivity contribution in [2.75, 3.05) is 13.6 Å². The maximum atomic E-state index is 12.7. The molecule has 0 aliphatic rings. The third kappa shape index (κ3) is 5.65. The van der Waals surface area contributed by atoms with E-state index in [1.165, 1.54) is 34.7 Å². The lowest BCUT2D eigenvalue weighted by molar-refractivity contribution is -0.387. The zero-order chi connectivity index (χ0) is 20.8. The van der Waals surface area contributed by atoms with Crippen molar-refractivity contribution in [1.29, 1.82) is 0 Å². The molecule has 1 heterocycles. The second-order valence-electron chi connectivity index (χ2n) is 6.61. The number of amides is 1. The van der Waals surface area contributed by atoms with Crippen LogP contribution in [0.3, 0.4) is 0 Å². The first-order valence-electron chi connectivity index (χ1n) is 9.12. The molecule has 0 saturated carbocycles. The summed E-state index contributed by atoms with van der Waals surface area (Å²) in [6, 6.07) is 14.7. The lowest BCUT2D eigenvalue weighted by atomic mass is 10.1. The summed E-state index contributed by atoms with van der Waals surface area (Å²) in [7, 11) is 1.72. The average molecular weight is 428 g/mol. The van der Waals surface area contributed by atoms with Crippen molar-refractivity contribution in [3.8, 4) is 0 Å². The van der Waals surface area contributed by atoms with E-state index in [9.17, 15) is 14.9 Å². The number of nitro benzene ring substituents is 1. The predicted molar refractivity (Wildman–Crippen MR) is 116 cm³/mol. The van der Waals surface area contributed by atoms with E-state index in [0.29, 0.717) is 17.0 Å². The van der Waals surface area contributed by atoms with Gasteiger partial charge in [0.25, 0.3) is 11.6 Å². The van der Waals surface area contributed by atoms with E-state index in [-0.39, 0.29) is 11.6 Å². The van der Waals surface area contributed by atoms with E-state index in [2.05, 4.69) is 17.1 Å². The van der Waals surface area contributed by atoms with E-state index in [1.54, 1.807) is 24.1 Å². The van der Waals surface area contributed by atoms with Gasteiger partial charge in [0.05, 0.1) is 9.82 Å². The third-order valence-electron chi connectivity index (χ3n) is 4.35. The van der Waals surface area contributed by atoms with E-state index in [0.717, 1.165) is 22.9 Å². The van der Waals surface area contributed by atoms with Gasteiger partial charge in [0.15, 0.2) is 4.34 Å². The Morgan fingerprint density at radius 3 is 2.66 bits per heavy atom. The topological polar surface area (TPSA) is 76.3 Å². The highest BCUT2D eigenvalue weighted by molar-refractivity contribution is 8.01. The second-order valence-corrected chi connectivity index (χ2v) is 8.76. The summed E-state index contributed by atoms with van der Waals surface area (Å²) < 4.78 is 0.739. The number of benzene rings is 2. The van der Waals surface area contributed by atoms with Crippen molar-refractivity contribution < 1.29 is 9.72 Å². The molecule has 2 aromatic carbocycles. The highest BCUT2D eigenvalue weighted by Gasteiger charge is 2.21. The number of nitrogens with zero attached hydrogens (tertiary/aromatic N) is 3. The van der Waals surface area contributed by atoms with Crippen LogP contribution >= 0.6 is 23.1 Å². The summed E-state index contributed by atoms with van der Waals surface area (Å²) in [4.78, 5) is 30.2. The standard InChI is InChI=1S/C21H21N3O3S2/c1-15-14-28-21(22-15)29-19-11-10-17(13-18(19)24(26)27)20(25)23(2)12-6-9-16-7-4-3-5-8-16/h3-5,7-8,10-11,13-14H,6,9,12H2,1-2H3. The molecule has 29 heavy (non-hydrogen) atoms. The van der Waals surface area contributed by atoms with Crippen LogP contribution in [0.25, 0.3) is 0 Å². The van der Waals surface area contributed by atoms with Crippen LogP contribution in [0.15, 0.2) is 63.1 Å². The minimum absolute atomic E-state index is 0.0774. The zero-order valence-corrected chi connectivity index (χ0v) is 17.8. The van der Waals surface area contributed by atoms with Crippen molar-refractivity contribution in [2.24, 2.45) is 0 Å². The van der Waals surface area contributed by atoms with Crippen LogP contribution in [-0.2, 0) is 6.42 Å². The number of hydrogen-bond donors (Lipinski definition) is 0. The van der Waals surface area contributed by atoms with Crippen LogP contribution in [0, 0.1) is 17.0 Å². The van der Waals surface area contributed by atoms with Crippen LogP contribution in [0.1, 0.15) is 28.0 Å². The lowest BCUT2D eigenvalue weighted by Crippen LogP contribution is -2.28. The molecular weight excluding hydrogens is 406 g/mol. The van der Waals surface area contributed by atoms with E-state index in [1.807, 2.05) is 30.5 Å². The molecular formula is C21H21N3O3S2. The summed E-state index contributed by atoms with van der Waals surface area (Å²) in [6.07, 6.45) is 1.70. The normalized spacial score (nSPS) is 10.7. The van der Waals surface area contributed by atoms with Crippen LogP contribution in [0.5, 0.6) is 0 Å². The molecule has 0 unspecified atom stereocenters. The van der Waals surface area contributed by atoms with Gasteiger partial charge in [0.2, 0.25) is 0 Å². The highest BCUT2D eigenvalue weighted by atomic mass is 32.2. The number of carbonyl (C=O) groups is 1. The largest absolute Gasteiger partial charge is 0.342 e. The van der Waals surface area contributed by atoms with Gasteiger partial charge in [0, 0.05) is 36.3 Å². The van der Waals surface area contributed by atoms with Crippen LogP contribution in [0.4, 0.5) is 5.69 Å². The summed E-state index contributed by atoms with van der Waals surface area (Å²) >= 11 is 2.69. The Labute approximate surface area is 177 Å². The Morgan fingerprint density at radius 1 is 1.24 bits per heavy atom. The molecule has 150 valence electrons. The van der Waals surface area contributed by atoms with E-state index < -0.39 is 4.92 Å². The number of aryl methyl sites for hydroxylation is 2. The quantitative estimate of drug-likeness (QED) is 0.364. The maximum absolute atomic E-state index is 12.7. The molecule has 0 fully saturated rings. The number of aromatic nitrogens is 1. The van der Waals surface area contributed by atoms with E-state index >= 15 is 0 Å². The zero-order valence-electron chi connectivity index (χ0n) is 16.2. The maximum Gasteiger partial charge on any atom is 0.284 e. The number of carbonyl (C=O) groups excluding carboxylic acids is 1. The fraction of sp³-hybridized carbons (Fsp3) is 0.238. The Balaban J connectivity index is 1.67. The van der Waals surface area contributed by atoms with Crippen LogP contribution in [0.2, 0.25) is 0 Å². The second kappa shape index (κ2) is 9.67. The van der Waals surface area contributed by atoms with Gasteiger partial charge in [-0.2, -0.15) is 0 Å². The first kappa shape index (κ1) is 21.0. The summed E-state index contributed by atoms with van der Waals surface area (Å²) in [5.41, 5.74) is 2.34. The Bertz CT molecular complexity index is 1010. The fourth-order valence-electron chi connectivity index (χ4n) is 2.84. The van der Waals surface area contributed by atoms with Gasteiger partial charge < -0.3 is 4.90 Å². The van der Waals surface area contributed by atoms with Gasteiger partial charge in [-0.15, -0.1) is 11.3 Å². The molecule has 8 heteroatoms. The van der Waals surface area contributed by atoms with Gasteiger partial charge in [-0.1, -0.05) is 42.1 Å². The number of hydrogen-bond acceptors (Lipinski definition) is 6. The molecule has 0 atom stereocenters. The van der Waals surface area contributed by atoms with Crippen molar-refractivity contribution in [3.63, 3.8) is 0 Å². The van der Waals surface area contributed by atoms with Crippen molar-refractivity contribution in [3.05, 3.63) is 80.8 Å². The van der Waals surface area contributed by atoms with Gasteiger partial charge >= 0.3 is 0 Å². The fourth-order valence-corrected chi connectivity index (χ4v) is 4.72. The number of nitro groups is 1. The Morgan fingerprint density at radius 2 is 2.00 bits per heavy atom. The summed E-state index contributed by atoms with van der Waals surface area (Å²) in [5, 5.41) is 13.4. The highest BCUT2D eigenvalue weighted by Crippen LogP contribution is 2.36. The molecule has 0 N–H and O–H groups in total. The molecule has 6 nitrogen and oxygen atoms in total. The van der Waals surface area contributed by atoms with E-state index in [4.69, 9.17) is 0 Å². The smallest absolute Gasteiger partial charge is 0.284 e. The molecule has 3 rings (SSSR count). The predicted octanol–water partition coefficient (Wildman–Crippen LogP) is 5.22. The molecule has 1 aromatic heterocycles. The molecule has 1 amide bonds. The Kier molecular flexibility index (Phi) is 7.00. The number of thiazole rings is 1. The van der Waals surface area contributed by atoms with Gasteiger partial charge in [-0.3, -0.25) is 14.9 Å². The molecule has 0 saturated heterocycles. The van der Waals surface area contributed by atoms with Crippen LogP contribution in [-0.4, -0.2) is 34.3 Å². The van der Waals surface area contributed by atoms with Crippen molar-refractivity contribution in [2.45, 2.75) is 29.0 Å². The minimum atomic E-state index is -0.449. The molecule has 0 radical (unpaired) electrons. The summed E-state index contributed by atoms with van der Waals surface area (Å²) in [6.45, 7) is 2.46. The van der Waals surface area contributed by atoms with Gasteiger partial charge in [0.1, 0.15) is 0 Å². The molecule has 0 aliphatic heterocycles. The lowest BCUT2D eigenvalue weighted by Gasteiger charge is -2.17. The first-order chi connectivity index (χ1) is 13.9. The number of rotatable bonds is 8. The average Bonchev–Trinajstić information content (AvgIpc) is 3.13. The molecule has 0 spiro atoms. The van der Waals surface area contributed by atoms with Gasteiger partial charge in [-0.25, -0.2) is 4.98 Å². The monoisotopic (exact) mass is 427 g/mol. The minimum Gasteiger partial charge on any atom is -0.342 e. The Hall–Kier alpha value is -2.71. The molecule has 3 aromatic rings. The van der Waals surface area contributed by atoms with Crippen molar-refractivity contribution in [1.82, 2.24) is 9.88 Å². The first-order valence-corrected chi connectivity index (χ1v) is 10.8. The third-order valence-corrected chi connectivity index (χ3v) is 6.47. The van der Waals surface area contributed by atoms with Crippen LogP contribution < -0.4 is 0 Å². The molecule has 0 aliphatic carbocycles. The SMILES string of the molecule is Cc1csc(Sc2ccc(C(=O)N(C)CCCc3ccccc3)cc2[N+](=O)[O-])n1. The summed E-state index contributed by atoms with van der Waals surface area (Å²) in [5.74, 6) is -0.220. The van der Waals surface area contributed by atoms with Crippen molar-refractivity contribution >= 4 is 34.7 Å².